The molecule has 0 bridgehead atoms. The largest absolute Gasteiger partial charge is 0.330 e. The summed E-state index contributed by atoms with van der Waals surface area (Å²) in [4.78, 5) is 0. The summed E-state index contributed by atoms with van der Waals surface area (Å²) in [5.74, 6) is 0.261. The van der Waals surface area contributed by atoms with Crippen LogP contribution in [0.25, 0.3) is 0 Å². The molecule has 1 atom stereocenters. The summed E-state index contributed by atoms with van der Waals surface area (Å²) >= 11 is 0. The summed E-state index contributed by atoms with van der Waals surface area (Å²) in [6, 6.07) is 10.3. The lowest BCUT2D eigenvalue weighted by Gasteiger charge is -2.18. The second kappa shape index (κ2) is 6.81. The molecule has 1 aromatic rings. The van der Waals surface area contributed by atoms with E-state index in [4.69, 9.17) is 5.73 Å². The maximum atomic E-state index is 5.86. The van der Waals surface area contributed by atoms with Gasteiger partial charge < -0.3 is 5.73 Å². The van der Waals surface area contributed by atoms with Crippen LogP contribution in [-0.4, -0.2) is 6.54 Å². The first-order chi connectivity index (χ1) is 7.83. The topological polar surface area (TPSA) is 26.0 Å². The van der Waals surface area contributed by atoms with Crippen LogP contribution in [0, 0.1) is 0 Å². The SMILES string of the molecule is C=C/C=C(\CC=C)C(CN)c1ccccc1. The van der Waals surface area contributed by atoms with Gasteiger partial charge in [-0.1, -0.05) is 60.7 Å². The maximum Gasteiger partial charge on any atom is 0.0177 e. The third kappa shape index (κ3) is 3.21. The average molecular weight is 213 g/mol. The van der Waals surface area contributed by atoms with E-state index >= 15 is 0 Å². The second-order valence-electron chi connectivity index (χ2n) is 3.67. The van der Waals surface area contributed by atoms with Crippen LogP contribution in [0.2, 0.25) is 0 Å². The smallest absolute Gasteiger partial charge is 0.0177 e. The molecule has 0 amide bonds. The Morgan fingerprint density at radius 1 is 1.25 bits per heavy atom. The molecule has 0 aliphatic rings. The van der Waals surface area contributed by atoms with Crippen LogP contribution < -0.4 is 5.73 Å². The first kappa shape index (κ1) is 12.5. The predicted molar refractivity (Wildman–Crippen MR) is 71.3 cm³/mol. The van der Waals surface area contributed by atoms with Crippen LogP contribution in [0.3, 0.4) is 0 Å². The highest BCUT2D eigenvalue weighted by atomic mass is 14.5. The van der Waals surface area contributed by atoms with Crippen molar-refractivity contribution in [1.29, 1.82) is 0 Å². The van der Waals surface area contributed by atoms with Gasteiger partial charge in [0.05, 0.1) is 0 Å². The summed E-state index contributed by atoms with van der Waals surface area (Å²) in [5.41, 5.74) is 8.37. The Labute approximate surface area is 98.0 Å². The molecule has 0 saturated carbocycles. The molecule has 0 radical (unpaired) electrons. The van der Waals surface area contributed by atoms with Crippen molar-refractivity contribution in [2.24, 2.45) is 5.73 Å². The van der Waals surface area contributed by atoms with Crippen molar-refractivity contribution in [3.63, 3.8) is 0 Å². The zero-order valence-electron chi connectivity index (χ0n) is 9.60. The summed E-state index contributed by atoms with van der Waals surface area (Å²) in [6.07, 6.45) is 6.60. The van der Waals surface area contributed by atoms with E-state index in [0.29, 0.717) is 6.54 Å². The monoisotopic (exact) mass is 213 g/mol. The van der Waals surface area contributed by atoms with Crippen LogP contribution in [0.5, 0.6) is 0 Å². The van der Waals surface area contributed by atoms with Gasteiger partial charge in [-0.2, -0.15) is 0 Å². The Balaban J connectivity index is 3.00. The molecule has 0 heterocycles. The summed E-state index contributed by atoms with van der Waals surface area (Å²) in [7, 11) is 0. The average Bonchev–Trinajstić information content (AvgIpc) is 2.32. The zero-order chi connectivity index (χ0) is 11.8. The van der Waals surface area contributed by atoms with Crippen molar-refractivity contribution in [1.82, 2.24) is 0 Å². The predicted octanol–water partition coefficient (Wildman–Crippen LogP) is 3.42. The Morgan fingerprint density at radius 3 is 2.44 bits per heavy atom. The van der Waals surface area contributed by atoms with Crippen molar-refractivity contribution in [3.8, 4) is 0 Å². The molecule has 16 heavy (non-hydrogen) atoms. The molecular weight excluding hydrogens is 194 g/mol. The van der Waals surface area contributed by atoms with E-state index < -0.39 is 0 Å². The zero-order valence-corrected chi connectivity index (χ0v) is 9.60. The van der Waals surface area contributed by atoms with Gasteiger partial charge in [-0.05, 0) is 12.0 Å². The Kier molecular flexibility index (Phi) is 5.30. The van der Waals surface area contributed by atoms with Gasteiger partial charge in [0.15, 0.2) is 0 Å². The Bertz CT molecular complexity index is 362. The van der Waals surface area contributed by atoms with Gasteiger partial charge >= 0.3 is 0 Å². The molecule has 1 unspecified atom stereocenters. The molecule has 0 saturated heterocycles. The number of rotatable bonds is 6. The van der Waals surface area contributed by atoms with Gasteiger partial charge in [0.2, 0.25) is 0 Å². The standard InChI is InChI=1S/C15H19N/c1-3-8-13(9-4-2)15(12-16)14-10-6-5-7-11-14/h3-8,10-11,15H,1-2,9,12,16H2/b13-8+. The van der Waals surface area contributed by atoms with Crippen LogP contribution in [0.4, 0.5) is 0 Å². The highest BCUT2D eigenvalue weighted by molar-refractivity contribution is 5.32. The van der Waals surface area contributed by atoms with E-state index in [2.05, 4.69) is 25.3 Å². The summed E-state index contributed by atoms with van der Waals surface area (Å²) < 4.78 is 0. The van der Waals surface area contributed by atoms with Crippen molar-refractivity contribution in [2.75, 3.05) is 6.54 Å². The Morgan fingerprint density at radius 2 is 1.94 bits per heavy atom. The molecule has 0 aliphatic heterocycles. The molecule has 1 heteroatoms. The molecule has 84 valence electrons. The highest BCUT2D eigenvalue weighted by Gasteiger charge is 2.12. The first-order valence-electron chi connectivity index (χ1n) is 5.50. The minimum absolute atomic E-state index is 0.261. The fourth-order valence-electron chi connectivity index (χ4n) is 1.83. The van der Waals surface area contributed by atoms with Crippen molar-refractivity contribution in [2.45, 2.75) is 12.3 Å². The molecule has 0 fully saturated rings. The van der Waals surface area contributed by atoms with E-state index in [0.717, 1.165) is 6.42 Å². The fourth-order valence-corrected chi connectivity index (χ4v) is 1.83. The molecular formula is C15H19N. The number of hydrogen-bond acceptors (Lipinski definition) is 1. The minimum atomic E-state index is 0.261. The van der Waals surface area contributed by atoms with Crippen molar-refractivity contribution in [3.05, 3.63) is 72.9 Å². The summed E-state index contributed by atoms with van der Waals surface area (Å²) in [5, 5.41) is 0. The van der Waals surface area contributed by atoms with Gasteiger partial charge in [-0.3, -0.25) is 0 Å². The third-order valence-electron chi connectivity index (χ3n) is 2.60. The number of hydrogen-bond donors (Lipinski definition) is 1. The van der Waals surface area contributed by atoms with Crippen LogP contribution in [-0.2, 0) is 0 Å². The molecule has 0 aliphatic carbocycles. The fraction of sp³-hybridized carbons (Fsp3) is 0.200. The second-order valence-corrected chi connectivity index (χ2v) is 3.67. The van der Waals surface area contributed by atoms with E-state index in [1.165, 1.54) is 11.1 Å². The molecule has 0 spiro atoms. The van der Waals surface area contributed by atoms with Crippen LogP contribution >= 0.6 is 0 Å². The number of benzene rings is 1. The van der Waals surface area contributed by atoms with E-state index in [1.54, 1.807) is 0 Å². The van der Waals surface area contributed by atoms with Crippen molar-refractivity contribution < 1.29 is 0 Å². The number of allylic oxidation sites excluding steroid dienone is 3. The van der Waals surface area contributed by atoms with Crippen molar-refractivity contribution >= 4 is 0 Å². The molecule has 2 N–H and O–H groups in total. The first-order valence-corrected chi connectivity index (χ1v) is 5.50. The normalized spacial score (nSPS) is 13.2. The quantitative estimate of drug-likeness (QED) is 0.568. The van der Waals surface area contributed by atoms with Crippen LogP contribution in [0.1, 0.15) is 17.9 Å². The highest BCUT2D eigenvalue weighted by Crippen LogP contribution is 2.25. The molecule has 1 aromatic carbocycles. The van der Waals surface area contributed by atoms with E-state index in [9.17, 15) is 0 Å². The minimum Gasteiger partial charge on any atom is -0.330 e. The molecule has 0 aromatic heterocycles. The van der Waals surface area contributed by atoms with Gasteiger partial charge in [0.25, 0.3) is 0 Å². The van der Waals surface area contributed by atoms with E-state index in [-0.39, 0.29) is 5.92 Å². The number of nitrogens with two attached hydrogens (primary N) is 1. The lowest BCUT2D eigenvalue weighted by atomic mass is 9.89. The lowest BCUT2D eigenvalue weighted by molar-refractivity contribution is 0.780. The summed E-state index contributed by atoms with van der Waals surface area (Å²) in [6.45, 7) is 8.13. The third-order valence-corrected chi connectivity index (χ3v) is 2.60. The Hall–Kier alpha value is -1.60. The molecule has 1 nitrogen and oxygen atoms in total. The lowest BCUT2D eigenvalue weighted by Crippen LogP contribution is -2.14. The van der Waals surface area contributed by atoms with Gasteiger partial charge in [-0.25, -0.2) is 0 Å². The van der Waals surface area contributed by atoms with Gasteiger partial charge in [-0.15, -0.1) is 6.58 Å². The van der Waals surface area contributed by atoms with Gasteiger partial charge in [0.1, 0.15) is 0 Å². The molecule has 1 rings (SSSR count). The van der Waals surface area contributed by atoms with Gasteiger partial charge in [0, 0.05) is 12.5 Å². The van der Waals surface area contributed by atoms with Crippen LogP contribution in [0.15, 0.2) is 67.3 Å². The maximum absolute atomic E-state index is 5.86. The van der Waals surface area contributed by atoms with E-state index in [1.807, 2.05) is 36.4 Å².